The van der Waals surface area contributed by atoms with Crippen LogP contribution in [0.3, 0.4) is 0 Å². The Morgan fingerprint density at radius 2 is 2.00 bits per heavy atom. The fourth-order valence-electron chi connectivity index (χ4n) is 2.74. The molecular weight excluding hydrogens is 254 g/mol. The first-order chi connectivity index (χ1) is 9.50. The van der Waals surface area contributed by atoms with Crippen LogP contribution in [0, 0.1) is 11.8 Å². The number of carboxylic acids is 1. The zero-order valence-electron chi connectivity index (χ0n) is 12.0. The van der Waals surface area contributed by atoms with Crippen molar-refractivity contribution in [3.63, 3.8) is 0 Å². The first-order valence-electron chi connectivity index (χ1n) is 7.08. The lowest BCUT2D eigenvalue weighted by atomic mass is 9.93. The highest BCUT2D eigenvalue weighted by Gasteiger charge is 2.44. The standard InChI is InChI=1S/C16H21NO3/c1-11(2)8-9-17-14(18)10-13(16(19)20)15(17)12-6-4-3-5-7-12/h3-7,11,13,15H,8-10H2,1-2H3,(H,19,20)/t13-,15-/m1/s1. The topological polar surface area (TPSA) is 57.6 Å². The van der Waals surface area contributed by atoms with E-state index in [1.54, 1.807) is 4.90 Å². The Kier molecular flexibility index (Phi) is 4.42. The summed E-state index contributed by atoms with van der Waals surface area (Å²) in [5.74, 6) is -1.09. The summed E-state index contributed by atoms with van der Waals surface area (Å²) in [5, 5.41) is 9.38. The molecule has 0 aromatic heterocycles. The van der Waals surface area contributed by atoms with Crippen LogP contribution >= 0.6 is 0 Å². The van der Waals surface area contributed by atoms with E-state index < -0.39 is 11.9 Å². The maximum Gasteiger partial charge on any atom is 0.309 e. The SMILES string of the molecule is CC(C)CCN1C(=O)C[C@@H](C(=O)O)[C@H]1c1ccccc1. The van der Waals surface area contributed by atoms with Gasteiger partial charge < -0.3 is 10.0 Å². The van der Waals surface area contributed by atoms with Gasteiger partial charge in [0.1, 0.15) is 0 Å². The van der Waals surface area contributed by atoms with Gasteiger partial charge in [-0.1, -0.05) is 44.2 Å². The van der Waals surface area contributed by atoms with Crippen LogP contribution in [0.15, 0.2) is 30.3 Å². The Labute approximate surface area is 119 Å². The Hall–Kier alpha value is -1.84. The molecule has 0 saturated carbocycles. The molecule has 1 heterocycles. The number of carbonyl (C=O) groups excluding carboxylic acids is 1. The van der Waals surface area contributed by atoms with E-state index in [0.717, 1.165) is 12.0 Å². The van der Waals surface area contributed by atoms with Crippen LogP contribution < -0.4 is 0 Å². The molecular formula is C16H21NO3. The van der Waals surface area contributed by atoms with E-state index in [2.05, 4.69) is 13.8 Å². The summed E-state index contributed by atoms with van der Waals surface area (Å²) in [7, 11) is 0. The van der Waals surface area contributed by atoms with E-state index in [-0.39, 0.29) is 18.4 Å². The van der Waals surface area contributed by atoms with Gasteiger partial charge in [0.25, 0.3) is 0 Å². The average Bonchev–Trinajstić information content (AvgIpc) is 2.74. The van der Waals surface area contributed by atoms with Crippen LogP contribution in [0.1, 0.15) is 38.3 Å². The highest BCUT2D eigenvalue weighted by molar-refractivity contribution is 5.87. The fraction of sp³-hybridized carbons (Fsp3) is 0.500. The third-order valence-electron chi connectivity index (χ3n) is 3.84. The van der Waals surface area contributed by atoms with Crippen molar-refractivity contribution < 1.29 is 14.7 Å². The van der Waals surface area contributed by atoms with Gasteiger partial charge in [-0.05, 0) is 17.9 Å². The number of hydrogen-bond donors (Lipinski definition) is 1. The van der Waals surface area contributed by atoms with Crippen molar-refractivity contribution in [3.8, 4) is 0 Å². The van der Waals surface area contributed by atoms with Crippen LogP contribution in [0.4, 0.5) is 0 Å². The molecule has 20 heavy (non-hydrogen) atoms. The van der Waals surface area contributed by atoms with Crippen LogP contribution in [-0.4, -0.2) is 28.4 Å². The molecule has 1 saturated heterocycles. The van der Waals surface area contributed by atoms with Crippen molar-refractivity contribution in [3.05, 3.63) is 35.9 Å². The van der Waals surface area contributed by atoms with Gasteiger partial charge in [-0.2, -0.15) is 0 Å². The first-order valence-corrected chi connectivity index (χ1v) is 7.08. The number of nitrogens with zero attached hydrogens (tertiary/aromatic N) is 1. The van der Waals surface area contributed by atoms with Gasteiger partial charge in [0, 0.05) is 13.0 Å². The number of rotatable bonds is 5. The number of amides is 1. The zero-order chi connectivity index (χ0) is 14.7. The van der Waals surface area contributed by atoms with E-state index in [1.165, 1.54) is 0 Å². The molecule has 1 amide bonds. The molecule has 1 aliphatic heterocycles. The highest BCUT2D eigenvalue weighted by Crippen LogP contribution is 2.38. The monoisotopic (exact) mass is 275 g/mol. The van der Waals surface area contributed by atoms with Crippen LogP contribution in [0.5, 0.6) is 0 Å². The molecule has 0 radical (unpaired) electrons. The van der Waals surface area contributed by atoms with Crippen molar-refractivity contribution in [2.24, 2.45) is 11.8 Å². The van der Waals surface area contributed by atoms with E-state index in [1.807, 2.05) is 30.3 Å². The molecule has 4 nitrogen and oxygen atoms in total. The van der Waals surface area contributed by atoms with Crippen molar-refractivity contribution in [1.82, 2.24) is 4.90 Å². The van der Waals surface area contributed by atoms with Gasteiger partial charge in [-0.15, -0.1) is 0 Å². The zero-order valence-corrected chi connectivity index (χ0v) is 12.0. The second-order valence-corrected chi connectivity index (χ2v) is 5.77. The summed E-state index contributed by atoms with van der Waals surface area (Å²) in [6, 6.07) is 9.15. The number of hydrogen-bond acceptors (Lipinski definition) is 2. The van der Waals surface area contributed by atoms with E-state index in [9.17, 15) is 14.7 Å². The molecule has 108 valence electrons. The Balaban J connectivity index is 2.28. The minimum Gasteiger partial charge on any atom is -0.481 e. The summed E-state index contributed by atoms with van der Waals surface area (Å²) in [6.07, 6.45) is 0.994. The van der Waals surface area contributed by atoms with Crippen molar-refractivity contribution in [1.29, 1.82) is 0 Å². The van der Waals surface area contributed by atoms with Gasteiger partial charge in [-0.25, -0.2) is 0 Å². The lowest BCUT2D eigenvalue weighted by molar-refractivity contribution is -0.142. The summed E-state index contributed by atoms with van der Waals surface area (Å²) in [4.78, 5) is 25.3. The van der Waals surface area contributed by atoms with Crippen molar-refractivity contribution in [2.75, 3.05) is 6.54 Å². The smallest absolute Gasteiger partial charge is 0.309 e. The van der Waals surface area contributed by atoms with Gasteiger partial charge in [-0.3, -0.25) is 9.59 Å². The van der Waals surface area contributed by atoms with Crippen LogP contribution in [0.2, 0.25) is 0 Å². The molecule has 4 heteroatoms. The molecule has 1 aromatic rings. The first kappa shape index (κ1) is 14.6. The Bertz CT molecular complexity index is 484. The van der Waals surface area contributed by atoms with E-state index in [0.29, 0.717) is 12.5 Å². The highest BCUT2D eigenvalue weighted by atomic mass is 16.4. The van der Waals surface area contributed by atoms with Crippen LogP contribution in [-0.2, 0) is 9.59 Å². The number of carbonyl (C=O) groups is 2. The molecule has 1 aromatic carbocycles. The largest absolute Gasteiger partial charge is 0.481 e. The summed E-state index contributed by atoms with van der Waals surface area (Å²) in [5.41, 5.74) is 0.912. The lowest BCUT2D eigenvalue weighted by Crippen LogP contribution is -2.32. The summed E-state index contributed by atoms with van der Waals surface area (Å²) < 4.78 is 0. The minimum absolute atomic E-state index is 0.0492. The fourth-order valence-corrected chi connectivity index (χ4v) is 2.74. The number of likely N-dealkylation sites (tertiary alicyclic amines) is 1. The lowest BCUT2D eigenvalue weighted by Gasteiger charge is -2.28. The van der Waals surface area contributed by atoms with Gasteiger partial charge in [0.15, 0.2) is 0 Å². The molecule has 0 spiro atoms. The molecule has 0 aliphatic carbocycles. The third kappa shape index (κ3) is 3.00. The summed E-state index contributed by atoms with van der Waals surface area (Å²) in [6.45, 7) is 4.83. The molecule has 1 aliphatic rings. The van der Waals surface area contributed by atoms with Crippen LogP contribution in [0.25, 0.3) is 0 Å². The Morgan fingerprint density at radius 3 is 2.55 bits per heavy atom. The average molecular weight is 275 g/mol. The Morgan fingerprint density at radius 1 is 1.35 bits per heavy atom. The van der Waals surface area contributed by atoms with Gasteiger partial charge >= 0.3 is 5.97 Å². The third-order valence-corrected chi connectivity index (χ3v) is 3.84. The summed E-state index contributed by atoms with van der Waals surface area (Å²) >= 11 is 0. The van der Waals surface area contributed by atoms with E-state index in [4.69, 9.17) is 0 Å². The molecule has 2 atom stereocenters. The molecule has 0 unspecified atom stereocenters. The van der Waals surface area contributed by atoms with Crippen molar-refractivity contribution in [2.45, 2.75) is 32.7 Å². The van der Waals surface area contributed by atoms with Gasteiger partial charge in [0.2, 0.25) is 5.91 Å². The predicted molar refractivity (Wildman–Crippen MR) is 76.1 cm³/mol. The van der Waals surface area contributed by atoms with Gasteiger partial charge in [0.05, 0.1) is 12.0 Å². The van der Waals surface area contributed by atoms with Crippen molar-refractivity contribution >= 4 is 11.9 Å². The van der Waals surface area contributed by atoms with E-state index >= 15 is 0 Å². The molecule has 1 N–H and O–H groups in total. The number of carboxylic acid groups (broad SMARTS) is 1. The molecule has 1 fully saturated rings. The second-order valence-electron chi connectivity index (χ2n) is 5.77. The molecule has 2 rings (SSSR count). The quantitative estimate of drug-likeness (QED) is 0.899. The maximum absolute atomic E-state index is 12.1. The number of benzene rings is 1. The normalized spacial score (nSPS) is 22.6. The molecule has 0 bridgehead atoms. The predicted octanol–water partition coefficient (Wildman–Crippen LogP) is 2.71. The number of aliphatic carboxylic acids is 1. The minimum atomic E-state index is -0.890. The second kappa shape index (κ2) is 6.07. The maximum atomic E-state index is 12.1.